The van der Waals surface area contributed by atoms with Crippen molar-refractivity contribution in [2.75, 3.05) is 5.73 Å². The second kappa shape index (κ2) is 4.58. The molecule has 2 aromatic rings. The summed E-state index contributed by atoms with van der Waals surface area (Å²) in [6.07, 6.45) is 0. The zero-order valence-electron chi connectivity index (χ0n) is 9.30. The van der Waals surface area contributed by atoms with E-state index in [-0.39, 0.29) is 6.61 Å². The van der Waals surface area contributed by atoms with Gasteiger partial charge in [-0.1, -0.05) is 11.2 Å². The molecule has 0 fully saturated rings. The molecule has 0 saturated heterocycles. The Morgan fingerprint density at radius 2 is 2.35 bits per heavy atom. The highest BCUT2D eigenvalue weighted by molar-refractivity contribution is 5.60. The van der Waals surface area contributed by atoms with Crippen molar-refractivity contribution in [2.24, 2.45) is 0 Å². The molecule has 0 unspecified atom stereocenters. The van der Waals surface area contributed by atoms with E-state index in [0.717, 1.165) is 5.76 Å². The number of ether oxygens (including phenoxy) is 1. The normalized spacial score (nSPS) is 9.88. The van der Waals surface area contributed by atoms with E-state index in [4.69, 9.17) is 20.3 Å². The highest BCUT2D eigenvalue weighted by Gasteiger charge is 2.08. The van der Waals surface area contributed by atoms with E-state index >= 15 is 0 Å². The fourth-order valence-corrected chi connectivity index (χ4v) is 1.43. The van der Waals surface area contributed by atoms with Gasteiger partial charge in [0.1, 0.15) is 35.4 Å². The Bertz CT molecular complexity index is 569. The van der Waals surface area contributed by atoms with Crippen LogP contribution in [-0.2, 0) is 6.61 Å². The highest BCUT2D eigenvalue weighted by atomic mass is 16.5. The molecule has 0 amide bonds. The Hall–Kier alpha value is -2.48. The molecule has 86 valence electrons. The van der Waals surface area contributed by atoms with Crippen LogP contribution in [0.15, 0.2) is 28.8 Å². The van der Waals surface area contributed by atoms with Gasteiger partial charge in [-0.3, -0.25) is 0 Å². The highest BCUT2D eigenvalue weighted by Crippen LogP contribution is 2.23. The largest absolute Gasteiger partial charge is 0.486 e. The van der Waals surface area contributed by atoms with Gasteiger partial charge in [0.2, 0.25) is 0 Å². The third kappa shape index (κ3) is 2.37. The molecule has 5 heteroatoms. The number of nitrogens with two attached hydrogens (primary N) is 1. The number of aromatic nitrogens is 1. The van der Waals surface area contributed by atoms with Crippen molar-refractivity contribution in [3.8, 4) is 11.8 Å². The van der Waals surface area contributed by atoms with Crippen LogP contribution in [0.5, 0.6) is 5.75 Å². The molecule has 0 spiro atoms. The van der Waals surface area contributed by atoms with Gasteiger partial charge < -0.3 is 15.0 Å². The number of hydrogen-bond donors (Lipinski definition) is 1. The lowest BCUT2D eigenvalue weighted by Gasteiger charge is -2.07. The van der Waals surface area contributed by atoms with Crippen LogP contribution in [0.25, 0.3) is 0 Å². The van der Waals surface area contributed by atoms with Crippen molar-refractivity contribution >= 4 is 5.69 Å². The van der Waals surface area contributed by atoms with E-state index in [1.165, 1.54) is 0 Å². The molecule has 1 aromatic carbocycles. The monoisotopic (exact) mass is 229 g/mol. The summed E-state index contributed by atoms with van der Waals surface area (Å²) in [7, 11) is 0. The molecule has 5 nitrogen and oxygen atoms in total. The molecule has 2 rings (SSSR count). The van der Waals surface area contributed by atoms with Gasteiger partial charge in [0.25, 0.3) is 0 Å². The first-order valence-corrected chi connectivity index (χ1v) is 5.04. The van der Waals surface area contributed by atoms with E-state index in [2.05, 4.69) is 5.16 Å². The lowest BCUT2D eigenvalue weighted by molar-refractivity contribution is 0.287. The number of nitrogen functional groups attached to an aromatic ring is 1. The van der Waals surface area contributed by atoms with E-state index in [9.17, 15) is 0 Å². The SMILES string of the molecule is Cc1cc(COc2cccc(N)c2C#N)no1. The molecule has 0 aliphatic heterocycles. The van der Waals surface area contributed by atoms with Crippen molar-refractivity contribution in [3.63, 3.8) is 0 Å². The topological polar surface area (TPSA) is 85.1 Å². The van der Waals surface area contributed by atoms with Crippen LogP contribution in [0.2, 0.25) is 0 Å². The molecule has 0 atom stereocenters. The van der Waals surface area contributed by atoms with Gasteiger partial charge in [0, 0.05) is 6.07 Å². The van der Waals surface area contributed by atoms with Gasteiger partial charge in [-0.05, 0) is 19.1 Å². The lowest BCUT2D eigenvalue weighted by atomic mass is 10.2. The molecule has 1 aromatic heterocycles. The predicted molar refractivity (Wildman–Crippen MR) is 61.1 cm³/mol. The van der Waals surface area contributed by atoms with Crippen LogP contribution < -0.4 is 10.5 Å². The minimum absolute atomic E-state index is 0.246. The van der Waals surface area contributed by atoms with Crippen molar-refractivity contribution in [3.05, 3.63) is 41.3 Å². The summed E-state index contributed by atoms with van der Waals surface area (Å²) >= 11 is 0. The van der Waals surface area contributed by atoms with Gasteiger partial charge >= 0.3 is 0 Å². The fraction of sp³-hybridized carbons (Fsp3) is 0.167. The van der Waals surface area contributed by atoms with Crippen LogP contribution in [0.1, 0.15) is 17.0 Å². The van der Waals surface area contributed by atoms with Crippen molar-refractivity contribution in [1.82, 2.24) is 5.16 Å². The van der Waals surface area contributed by atoms with Crippen LogP contribution >= 0.6 is 0 Å². The second-order valence-corrected chi connectivity index (χ2v) is 3.55. The number of anilines is 1. The van der Waals surface area contributed by atoms with Crippen LogP contribution in [0.4, 0.5) is 5.69 Å². The maximum Gasteiger partial charge on any atom is 0.139 e. The third-order valence-corrected chi connectivity index (χ3v) is 2.22. The Balaban J connectivity index is 2.14. The summed E-state index contributed by atoms with van der Waals surface area (Å²) in [4.78, 5) is 0. The zero-order chi connectivity index (χ0) is 12.3. The van der Waals surface area contributed by atoms with E-state index < -0.39 is 0 Å². The predicted octanol–water partition coefficient (Wildman–Crippen LogP) is 2.02. The van der Waals surface area contributed by atoms with Gasteiger partial charge in [-0.25, -0.2) is 0 Å². The number of rotatable bonds is 3. The lowest BCUT2D eigenvalue weighted by Crippen LogP contribution is -1.99. The summed E-state index contributed by atoms with van der Waals surface area (Å²) in [5, 5.41) is 12.8. The second-order valence-electron chi connectivity index (χ2n) is 3.55. The first-order valence-electron chi connectivity index (χ1n) is 5.04. The van der Waals surface area contributed by atoms with Gasteiger partial charge in [-0.15, -0.1) is 0 Å². The Labute approximate surface area is 98.4 Å². The quantitative estimate of drug-likeness (QED) is 0.814. The smallest absolute Gasteiger partial charge is 0.139 e. The summed E-state index contributed by atoms with van der Waals surface area (Å²) in [6, 6.07) is 8.88. The molecule has 2 N–H and O–H groups in total. The van der Waals surface area contributed by atoms with E-state index in [1.54, 1.807) is 31.2 Å². The Kier molecular flexibility index (Phi) is 2.97. The number of nitrogens with zero attached hydrogens (tertiary/aromatic N) is 2. The molecule has 0 aliphatic carbocycles. The molecule has 0 saturated carbocycles. The third-order valence-electron chi connectivity index (χ3n) is 2.22. The summed E-state index contributed by atoms with van der Waals surface area (Å²) in [6.45, 7) is 2.05. The average Bonchev–Trinajstić information content (AvgIpc) is 2.72. The molecule has 0 radical (unpaired) electrons. The maximum absolute atomic E-state index is 8.96. The van der Waals surface area contributed by atoms with Gasteiger partial charge in [0.15, 0.2) is 0 Å². The first kappa shape index (κ1) is 11.0. The zero-order valence-corrected chi connectivity index (χ0v) is 9.30. The first-order chi connectivity index (χ1) is 8.20. The van der Waals surface area contributed by atoms with Crippen molar-refractivity contribution in [2.45, 2.75) is 13.5 Å². The minimum atomic E-state index is 0.246. The Morgan fingerprint density at radius 3 is 3.00 bits per heavy atom. The number of benzene rings is 1. The van der Waals surface area contributed by atoms with Crippen LogP contribution in [0.3, 0.4) is 0 Å². The van der Waals surface area contributed by atoms with E-state index in [1.807, 2.05) is 6.07 Å². The molecule has 1 heterocycles. The average molecular weight is 229 g/mol. The fourth-order valence-electron chi connectivity index (χ4n) is 1.43. The van der Waals surface area contributed by atoms with Crippen molar-refractivity contribution in [1.29, 1.82) is 5.26 Å². The number of nitriles is 1. The summed E-state index contributed by atoms with van der Waals surface area (Å²) < 4.78 is 10.4. The number of hydrogen-bond acceptors (Lipinski definition) is 5. The molecular weight excluding hydrogens is 218 g/mol. The van der Waals surface area contributed by atoms with E-state index in [0.29, 0.717) is 22.7 Å². The minimum Gasteiger partial charge on any atom is -0.486 e. The van der Waals surface area contributed by atoms with Crippen molar-refractivity contribution < 1.29 is 9.26 Å². The maximum atomic E-state index is 8.96. The van der Waals surface area contributed by atoms with Crippen LogP contribution in [-0.4, -0.2) is 5.16 Å². The standard InChI is InChI=1S/C12H11N3O2/c1-8-5-9(15-17-8)7-16-12-4-2-3-11(14)10(12)6-13/h2-5H,7,14H2,1H3. The molecule has 0 bridgehead atoms. The summed E-state index contributed by atoms with van der Waals surface area (Å²) in [5.74, 6) is 1.17. The summed E-state index contributed by atoms with van der Waals surface area (Å²) in [5.41, 5.74) is 7.09. The van der Waals surface area contributed by atoms with Gasteiger partial charge in [0.05, 0.1) is 5.69 Å². The van der Waals surface area contributed by atoms with Crippen LogP contribution in [0, 0.1) is 18.3 Å². The van der Waals surface area contributed by atoms with Gasteiger partial charge in [-0.2, -0.15) is 5.26 Å². The Morgan fingerprint density at radius 1 is 1.53 bits per heavy atom. The number of aryl methyl sites for hydroxylation is 1. The molecule has 0 aliphatic rings. The molecular formula is C12H11N3O2. The molecule has 17 heavy (non-hydrogen) atoms.